The number of allylic oxidation sites excluding steroid dienone is 3. The molecule has 1 aliphatic rings. The summed E-state index contributed by atoms with van der Waals surface area (Å²) in [5.74, 6) is 0.387. The molecule has 1 aliphatic carbocycles. The number of methoxy groups -OCH3 is 1. The van der Waals surface area contributed by atoms with E-state index in [9.17, 15) is 4.79 Å². The first-order chi connectivity index (χ1) is 8.11. The monoisotopic (exact) mass is 230 g/mol. The van der Waals surface area contributed by atoms with Crippen LogP contribution in [-0.4, -0.2) is 23.1 Å². The van der Waals surface area contributed by atoms with Gasteiger partial charge in [-0.3, -0.25) is 4.79 Å². The Balaban J connectivity index is 2.42. The van der Waals surface area contributed by atoms with Crippen LogP contribution in [0, 0.1) is 12.8 Å². The molecule has 0 bridgehead atoms. The van der Waals surface area contributed by atoms with Crippen molar-refractivity contribution in [2.24, 2.45) is 5.92 Å². The highest BCUT2D eigenvalue weighted by Gasteiger charge is 2.23. The van der Waals surface area contributed by atoms with Crippen LogP contribution in [0.1, 0.15) is 18.3 Å². The molecule has 1 unspecified atom stereocenters. The predicted octanol–water partition coefficient (Wildman–Crippen LogP) is 1.92. The van der Waals surface area contributed by atoms with Gasteiger partial charge in [0.25, 0.3) is 0 Å². The quantitative estimate of drug-likeness (QED) is 0.778. The van der Waals surface area contributed by atoms with E-state index in [0.717, 1.165) is 17.0 Å². The third kappa shape index (κ3) is 2.25. The van der Waals surface area contributed by atoms with Gasteiger partial charge in [-0.1, -0.05) is 6.92 Å². The smallest absolute Gasteiger partial charge is 0.166 e. The van der Waals surface area contributed by atoms with Crippen molar-refractivity contribution in [1.82, 2.24) is 10.2 Å². The summed E-state index contributed by atoms with van der Waals surface area (Å²) in [6, 6.07) is 3.75. The number of hydrogen-bond acceptors (Lipinski definition) is 4. The number of hydrogen-bond donors (Lipinski definition) is 0. The highest BCUT2D eigenvalue weighted by molar-refractivity contribution is 6.02. The molecule has 1 heterocycles. The van der Waals surface area contributed by atoms with Crippen LogP contribution in [0.15, 0.2) is 30.0 Å². The Morgan fingerprint density at radius 1 is 1.24 bits per heavy atom. The summed E-state index contributed by atoms with van der Waals surface area (Å²) in [7, 11) is 1.55. The lowest BCUT2D eigenvalue weighted by Gasteiger charge is -2.18. The second-order valence-electron chi connectivity index (χ2n) is 4.03. The van der Waals surface area contributed by atoms with Crippen molar-refractivity contribution in [3.05, 3.63) is 41.4 Å². The molecule has 0 saturated carbocycles. The average molecular weight is 230 g/mol. The van der Waals surface area contributed by atoms with Gasteiger partial charge in [0.2, 0.25) is 0 Å². The van der Waals surface area contributed by atoms with E-state index in [1.54, 1.807) is 7.11 Å². The fourth-order valence-electron chi connectivity index (χ4n) is 1.70. The number of ether oxygens (including phenoxy) is 1. The molecule has 0 spiro atoms. The summed E-state index contributed by atoms with van der Waals surface area (Å²) in [5, 5.41) is 8.10. The number of ketones is 1. The third-order valence-electron chi connectivity index (χ3n) is 2.80. The number of aromatic nitrogens is 2. The molecule has 0 radical (unpaired) electrons. The van der Waals surface area contributed by atoms with Crippen LogP contribution in [0.3, 0.4) is 0 Å². The maximum absolute atomic E-state index is 11.8. The standard InChI is InChI=1S/C13H14N2O2/c1-8-4-5-12(15-14-8)11-6-10(17-3)7-13(16)9(11)2/h4-7,9H,1-3H3. The topological polar surface area (TPSA) is 52.1 Å². The SMILES string of the molecule is COC1=CC(=O)C(C)C(c2ccc(C)nn2)=C1. The normalized spacial score (nSPS) is 19.7. The molecule has 0 aliphatic heterocycles. The van der Waals surface area contributed by atoms with Crippen molar-refractivity contribution in [3.63, 3.8) is 0 Å². The number of nitrogens with zero attached hydrogens (tertiary/aromatic N) is 2. The van der Waals surface area contributed by atoms with Gasteiger partial charge in [-0.2, -0.15) is 10.2 Å². The van der Waals surface area contributed by atoms with E-state index >= 15 is 0 Å². The molecule has 0 fully saturated rings. The van der Waals surface area contributed by atoms with Gasteiger partial charge in [0.1, 0.15) is 5.76 Å². The molecule has 4 heteroatoms. The van der Waals surface area contributed by atoms with Crippen molar-refractivity contribution in [3.8, 4) is 0 Å². The van der Waals surface area contributed by atoms with E-state index in [-0.39, 0.29) is 11.7 Å². The second-order valence-corrected chi connectivity index (χ2v) is 4.03. The molecule has 1 atom stereocenters. The number of rotatable bonds is 2. The molecule has 88 valence electrons. The maximum Gasteiger partial charge on any atom is 0.166 e. The molecule has 0 N–H and O–H groups in total. The number of aryl methyl sites for hydroxylation is 1. The largest absolute Gasteiger partial charge is 0.497 e. The van der Waals surface area contributed by atoms with Crippen molar-refractivity contribution < 1.29 is 9.53 Å². The first-order valence-electron chi connectivity index (χ1n) is 5.43. The molecular weight excluding hydrogens is 216 g/mol. The zero-order valence-electron chi connectivity index (χ0n) is 10.1. The van der Waals surface area contributed by atoms with E-state index in [1.165, 1.54) is 6.08 Å². The summed E-state index contributed by atoms with van der Waals surface area (Å²) in [6.45, 7) is 3.74. The van der Waals surface area contributed by atoms with Crippen LogP contribution in [0.25, 0.3) is 5.57 Å². The Morgan fingerprint density at radius 3 is 2.59 bits per heavy atom. The van der Waals surface area contributed by atoms with E-state index in [0.29, 0.717) is 5.76 Å². The van der Waals surface area contributed by atoms with E-state index in [1.807, 2.05) is 32.1 Å². The van der Waals surface area contributed by atoms with Gasteiger partial charge in [-0.15, -0.1) is 0 Å². The fraction of sp³-hybridized carbons (Fsp3) is 0.308. The van der Waals surface area contributed by atoms with Gasteiger partial charge in [0, 0.05) is 12.0 Å². The zero-order valence-corrected chi connectivity index (χ0v) is 10.1. The van der Waals surface area contributed by atoms with Crippen LogP contribution in [0.4, 0.5) is 0 Å². The second kappa shape index (κ2) is 4.49. The molecule has 1 aromatic rings. The molecule has 1 aromatic heterocycles. The first-order valence-corrected chi connectivity index (χ1v) is 5.43. The molecular formula is C13H14N2O2. The first kappa shape index (κ1) is 11.5. The Bertz CT molecular complexity index is 501. The molecule has 0 aromatic carbocycles. The van der Waals surface area contributed by atoms with Crippen LogP contribution >= 0.6 is 0 Å². The van der Waals surface area contributed by atoms with Crippen molar-refractivity contribution >= 4 is 11.4 Å². The van der Waals surface area contributed by atoms with Crippen molar-refractivity contribution in [1.29, 1.82) is 0 Å². The molecule has 0 saturated heterocycles. The fourth-order valence-corrected chi connectivity index (χ4v) is 1.70. The van der Waals surface area contributed by atoms with Gasteiger partial charge in [-0.25, -0.2) is 0 Å². The molecule has 2 rings (SSSR count). The predicted molar refractivity (Wildman–Crippen MR) is 64.0 cm³/mol. The number of carbonyl (C=O) groups is 1. The highest BCUT2D eigenvalue weighted by Crippen LogP contribution is 2.28. The Hall–Kier alpha value is -1.97. The van der Waals surface area contributed by atoms with E-state index in [2.05, 4.69) is 10.2 Å². The van der Waals surface area contributed by atoms with E-state index < -0.39 is 0 Å². The Kier molecular flexibility index (Phi) is 3.04. The molecule has 4 nitrogen and oxygen atoms in total. The van der Waals surface area contributed by atoms with Gasteiger partial charge in [-0.05, 0) is 30.7 Å². The van der Waals surface area contributed by atoms with Crippen molar-refractivity contribution in [2.75, 3.05) is 7.11 Å². The lowest BCUT2D eigenvalue weighted by Crippen LogP contribution is -2.16. The molecule has 17 heavy (non-hydrogen) atoms. The average Bonchev–Trinajstić information content (AvgIpc) is 2.34. The Morgan fingerprint density at radius 2 is 2.00 bits per heavy atom. The minimum atomic E-state index is -0.203. The maximum atomic E-state index is 11.8. The van der Waals surface area contributed by atoms with E-state index in [4.69, 9.17) is 4.74 Å². The number of carbonyl (C=O) groups excluding carboxylic acids is 1. The summed E-state index contributed by atoms with van der Waals surface area (Å²) >= 11 is 0. The summed E-state index contributed by atoms with van der Waals surface area (Å²) in [5.41, 5.74) is 2.42. The summed E-state index contributed by atoms with van der Waals surface area (Å²) in [6.07, 6.45) is 3.35. The van der Waals surface area contributed by atoms with Gasteiger partial charge >= 0.3 is 0 Å². The lowest BCUT2D eigenvalue weighted by molar-refractivity contribution is -0.116. The lowest BCUT2D eigenvalue weighted by atomic mass is 9.89. The Labute approximate surface area is 100 Å². The molecule has 0 amide bonds. The van der Waals surface area contributed by atoms with Gasteiger partial charge < -0.3 is 4.74 Å². The van der Waals surface area contributed by atoms with Gasteiger partial charge in [0.15, 0.2) is 5.78 Å². The van der Waals surface area contributed by atoms with Crippen LogP contribution in [-0.2, 0) is 9.53 Å². The minimum absolute atomic E-state index is 0.0294. The summed E-state index contributed by atoms with van der Waals surface area (Å²) in [4.78, 5) is 11.8. The van der Waals surface area contributed by atoms with Crippen LogP contribution in [0.2, 0.25) is 0 Å². The van der Waals surface area contributed by atoms with Gasteiger partial charge in [0.05, 0.1) is 18.5 Å². The van der Waals surface area contributed by atoms with Crippen LogP contribution < -0.4 is 0 Å². The van der Waals surface area contributed by atoms with Crippen LogP contribution in [0.5, 0.6) is 0 Å². The highest BCUT2D eigenvalue weighted by atomic mass is 16.5. The summed E-state index contributed by atoms with van der Waals surface area (Å²) < 4.78 is 5.10. The third-order valence-corrected chi connectivity index (χ3v) is 2.80. The minimum Gasteiger partial charge on any atom is -0.497 e. The zero-order chi connectivity index (χ0) is 12.4. The van der Waals surface area contributed by atoms with Crippen molar-refractivity contribution in [2.45, 2.75) is 13.8 Å².